The molecule has 2 aromatic heterocycles. The standard InChI is InChI=1S/C31H38F3N5O3S/c1-29(2)19-21-5-3-4-17-41-22-6-8-23(9-7-22)43-37-28(40)24-10-11-25(35-27(24)38(29)20-21)39-16-12-26(36-39)42-18-15-30(13-14-30)31(32,33)34/h6-12,16,21,28,37,40H,3-5,13-15,17-20H2,1-2H3. The van der Waals surface area contributed by atoms with Crippen LogP contribution in [0.1, 0.15) is 70.6 Å². The zero-order valence-corrected chi connectivity index (χ0v) is 25.3. The lowest BCUT2D eigenvalue weighted by molar-refractivity contribution is -0.190. The van der Waals surface area contributed by atoms with Gasteiger partial charge in [-0.2, -0.15) is 13.2 Å². The fraction of sp³-hybridized carbons (Fsp3) is 0.548. The van der Waals surface area contributed by atoms with Gasteiger partial charge in [0.1, 0.15) is 17.8 Å². The molecule has 2 N–H and O–H groups in total. The third-order valence-corrected chi connectivity index (χ3v) is 9.72. The molecule has 5 heterocycles. The molecule has 4 aliphatic rings. The van der Waals surface area contributed by atoms with E-state index in [9.17, 15) is 18.3 Å². The topological polar surface area (TPSA) is 84.7 Å². The van der Waals surface area contributed by atoms with E-state index in [0.717, 1.165) is 42.9 Å². The lowest BCUT2D eigenvalue weighted by Crippen LogP contribution is -2.40. The van der Waals surface area contributed by atoms with Crippen molar-refractivity contribution in [2.24, 2.45) is 11.3 Å². The number of hydrogen-bond acceptors (Lipinski definition) is 8. The Balaban J connectivity index is 1.24. The molecule has 8 nitrogen and oxygen atoms in total. The molecule has 12 heteroatoms. The normalized spacial score (nSPS) is 23.3. The maximum Gasteiger partial charge on any atom is 0.394 e. The van der Waals surface area contributed by atoms with Gasteiger partial charge in [0.05, 0.1) is 18.6 Å². The van der Waals surface area contributed by atoms with Gasteiger partial charge in [-0.25, -0.2) is 14.4 Å². The Hall–Kier alpha value is -2.96. The van der Waals surface area contributed by atoms with E-state index >= 15 is 0 Å². The van der Waals surface area contributed by atoms with Crippen LogP contribution in [0.4, 0.5) is 19.0 Å². The van der Waals surface area contributed by atoms with Crippen molar-refractivity contribution < 1.29 is 27.8 Å². The molecule has 43 heavy (non-hydrogen) atoms. The summed E-state index contributed by atoms with van der Waals surface area (Å²) in [4.78, 5) is 8.22. The van der Waals surface area contributed by atoms with Crippen LogP contribution in [0.3, 0.4) is 0 Å². The molecule has 1 saturated carbocycles. The van der Waals surface area contributed by atoms with Gasteiger partial charge >= 0.3 is 6.18 Å². The summed E-state index contributed by atoms with van der Waals surface area (Å²) in [6, 6.07) is 13.1. The van der Waals surface area contributed by atoms with Gasteiger partial charge in [0.2, 0.25) is 5.88 Å². The highest BCUT2D eigenvalue weighted by atomic mass is 32.2. The first kappa shape index (κ1) is 30.1. The summed E-state index contributed by atoms with van der Waals surface area (Å²) in [5, 5.41) is 15.8. The van der Waals surface area contributed by atoms with E-state index in [4.69, 9.17) is 14.5 Å². The summed E-state index contributed by atoms with van der Waals surface area (Å²) in [6.45, 7) is 5.84. The predicted octanol–water partition coefficient (Wildman–Crippen LogP) is 6.83. The highest BCUT2D eigenvalue weighted by molar-refractivity contribution is 7.97. The first-order valence-electron chi connectivity index (χ1n) is 14.9. The van der Waals surface area contributed by atoms with E-state index in [0.29, 0.717) is 29.7 Å². The number of alkyl halides is 3. The van der Waals surface area contributed by atoms with Gasteiger partial charge in [-0.15, -0.1) is 5.10 Å². The Labute approximate surface area is 254 Å². The quantitative estimate of drug-likeness (QED) is 0.302. The summed E-state index contributed by atoms with van der Waals surface area (Å²) < 4.78 is 56.1. The zero-order chi connectivity index (χ0) is 30.2. The Morgan fingerprint density at radius 3 is 2.65 bits per heavy atom. The highest BCUT2D eigenvalue weighted by Crippen LogP contribution is 2.59. The Morgan fingerprint density at radius 2 is 1.91 bits per heavy atom. The van der Waals surface area contributed by atoms with Crippen molar-refractivity contribution in [1.29, 1.82) is 0 Å². The van der Waals surface area contributed by atoms with Crippen LogP contribution in [0.2, 0.25) is 0 Å². The van der Waals surface area contributed by atoms with Gasteiger partial charge in [-0.05, 0) is 113 Å². The Kier molecular flexibility index (Phi) is 8.29. The SMILES string of the molecule is CC1(C)CC2CCCCOc3ccc(cc3)SNC(O)c3ccc(-n4ccc(OCCC5(C(F)(F)F)CC5)n4)nc3N1C2. The van der Waals surface area contributed by atoms with E-state index in [1.807, 2.05) is 30.3 Å². The van der Waals surface area contributed by atoms with E-state index < -0.39 is 17.8 Å². The number of fused-ring (bicyclic) bond motifs is 8. The number of ether oxygens (including phenoxy) is 2. The molecule has 0 radical (unpaired) electrons. The number of benzene rings is 1. The third-order valence-electron chi connectivity index (χ3n) is 8.87. The van der Waals surface area contributed by atoms with E-state index in [1.165, 1.54) is 11.9 Å². The van der Waals surface area contributed by atoms with Gasteiger partial charge in [0.15, 0.2) is 5.82 Å². The fourth-order valence-corrected chi connectivity index (χ4v) is 6.81. The van der Waals surface area contributed by atoms with Crippen LogP contribution in [-0.4, -0.2) is 51.3 Å². The van der Waals surface area contributed by atoms with Crippen LogP contribution in [-0.2, 0) is 0 Å². The minimum absolute atomic E-state index is 0.0537. The number of aromatic nitrogens is 3. The van der Waals surface area contributed by atoms with Gasteiger partial charge in [0, 0.05) is 34.8 Å². The summed E-state index contributed by atoms with van der Waals surface area (Å²) >= 11 is 1.33. The number of aliphatic hydroxyl groups is 1. The predicted molar refractivity (Wildman–Crippen MR) is 158 cm³/mol. The van der Waals surface area contributed by atoms with Crippen molar-refractivity contribution in [1.82, 2.24) is 19.5 Å². The molecule has 1 aliphatic carbocycles. The van der Waals surface area contributed by atoms with Crippen molar-refractivity contribution in [2.45, 2.75) is 81.6 Å². The number of aliphatic hydroxyl groups excluding tert-OH is 1. The first-order valence-corrected chi connectivity index (χ1v) is 15.7. The molecule has 1 aromatic carbocycles. The summed E-state index contributed by atoms with van der Waals surface area (Å²) in [7, 11) is 0. The third kappa shape index (κ3) is 6.61. The molecule has 2 fully saturated rings. The molecular formula is C31H38F3N5O3S. The molecule has 2 atom stereocenters. The minimum Gasteiger partial charge on any atom is -0.494 e. The van der Waals surface area contributed by atoms with Crippen LogP contribution >= 0.6 is 11.9 Å². The number of rotatable bonds is 5. The molecule has 232 valence electrons. The van der Waals surface area contributed by atoms with E-state index in [1.54, 1.807) is 23.0 Å². The van der Waals surface area contributed by atoms with Crippen LogP contribution < -0.4 is 19.1 Å². The zero-order valence-electron chi connectivity index (χ0n) is 24.4. The second-order valence-corrected chi connectivity index (χ2v) is 13.4. The average Bonchev–Trinajstić information content (AvgIpc) is 3.52. The first-order chi connectivity index (χ1) is 20.5. The summed E-state index contributed by atoms with van der Waals surface area (Å²) in [5.74, 6) is 2.76. The number of nitrogens with one attached hydrogen (secondary N) is 1. The van der Waals surface area contributed by atoms with Crippen molar-refractivity contribution >= 4 is 17.8 Å². The maximum atomic E-state index is 13.3. The molecule has 3 aromatic rings. The second kappa shape index (κ2) is 11.9. The summed E-state index contributed by atoms with van der Waals surface area (Å²) in [5.41, 5.74) is -1.15. The lowest BCUT2D eigenvalue weighted by atomic mass is 9.93. The minimum atomic E-state index is -4.20. The molecule has 7 rings (SSSR count). The second-order valence-electron chi connectivity index (χ2n) is 12.5. The molecule has 0 amide bonds. The molecular weight excluding hydrogens is 579 g/mol. The van der Waals surface area contributed by atoms with Crippen LogP contribution in [0.5, 0.6) is 11.6 Å². The monoisotopic (exact) mass is 617 g/mol. The van der Waals surface area contributed by atoms with Gasteiger partial charge in [0.25, 0.3) is 0 Å². The van der Waals surface area contributed by atoms with E-state index in [-0.39, 0.29) is 37.3 Å². The van der Waals surface area contributed by atoms with Crippen molar-refractivity contribution in [3.63, 3.8) is 0 Å². The van der Waals surface area contributed by atoms with Gasteiger partial charge in [-0.1, -0.05) is 0 Å². The Bertz CT molecular complexity index is 1410. The average molecular weight is 618 g/mol. The van der Waals surface area contributed by atoms with Crippen molar-refractivity contribution in [3.8, 4) is 17.4 Å². The number of nitrogens with zero attached hydrogens (tertiary/aromatic N) is 4. The van der Waals surface area contributed by atoms with Crippen LogP contribution in [0.15, 0.2) is 53.6 Å². The molecule has 0 spiro atoms. The highest BCUT2D eigenvalue weighted by Gasteiger charge is 2.62. The van der Waals surface area contributed by atoms with Crippen LogP contribution in [0, 0.1) is 11.3 Å². The number of halogens is 3. The maximum absolute atomic E-state index is 13.3. The molecule has 3 aliphatic heterocycles. The molecule has 1 saturated heterocycles. The van der Waals surface area contributed by atoms with Crippen LogP contribution in [0.25, 0.3) is 5.82 Å². The van der Waals surface area contributed by atoms with Gasteiger partial charge in [-0.3, -0.25) is 0 Å². The number of pyridine rings is 1. The van der Waals surface area contributed by atoms with Gasteiger partial charge < -0.3 is 19.5 Å². The Morgan fingerprint density at radius 1 is 1.12 bits per heavy atom. The molecule has 2 unspecified atom stereocenters. The smallest absolute Gasteiger partial charge is 0.394 e. The van der Waals surface area contributed by atoms with Crippen molar-refractivity contribution in [3.05, 3.63) is 54.2 Å². The largest absolute Gasteiger partial charge is 0.494 e. The summed E-state index contributed by atoms with van der Waals surface area (Å²) in [6.07, 6.45) is 0.831. The number of anilines is 1. The lowest BCUT2D eigenvalue weighted by Gasteiger charge is -2.35. The van der Waals surface area contributed by atoms with Crippen molar-refractivity contribution in [2.75, 3.05) is 24.7 Å². The molecule has 4 bridgehead atoms. The van der Waals surface area contributed by atoms with E-state index in [2.05, 4.69) is 28.6 Å². The fourth-order valence-electron chi connectivity index (χ4n) is 6.16. The number of hydrogen-bond donors (Lipinski definition) is 2.